The van der Waals surface area contributed by atoms with E-state index in [4.69, 9.17) is 16.2 Å². The summed E-state index contributed by atoms with van der Waals surface area (Å²) in [7, 11) is 1.60. The number of hydrogen-bond acceptors (Lipinski definition) is 4. The van der Waals surface area contributed by atoms with E-state index >= 15 is 0 Å². The average molecular weight is 229 g/mol. The van der Waals surface area contributed by atoms with Gasteiger partial charge in [-0.2, -0.15) is 0 Å². The van der Waals surface area contributed by atoms with Gasteiger partial charge in [-0.25, -0.2) is 4.98 Å². The summed E-state index contributed by atoms with van der Waals surface area (Å²) in [6, 6.07) is 7.56. The van der Waals surface area contributed by atoms with Crippen LogP contribution in [0.15, 0.2) is 30.5 Å². The van der Waals surface area contributed by atoms with Gasteiger partial charge in [-0.05, 0) is 19.1 Å². The predicted molar refractivity (Wildman–Crippen MR) is 69.8 cm³/mol. The van der Waals surface area contributed by atoms with Gasteiger partial charge in [0.25, 0.3) is 0 Å². The first-order valence-corrected chi connectivity index (χ1v) is 5.28. The Kier molecular flexibility index (Phi) is 2.87. The number of rotatable bonds is 2. The number of anilines is 2. The van der Waals surface area contributed by atoms with Gasteiger partial charge < -0.3 is 16.2 Å². The standard InChI is InChI=1S/C13H15N3O/c1-8-6-9(7-16-13(8)17-2)10-4-3-5-11(14)12(10)15/h3-7H,14-15H2,1-2H3. The second kappa shape index (κ2) is 4.33. The Bertz CT molecular complexity index is 552. The molecule has 0 bridgehead atoms. The Balaban J connectivity index is 2.54. The summed E-state index contributed by atoms with van der Waals surface area (Å²) in [5.41, 5.74) is 15.7. The van der Waals surface area contributed by atoms with Crippen molar-refractivity contribution in [1.29, 1.82) is 0 Å². The van der Waals surface area contributed by atoms with Gasteiger partial charge in [0.1, 0.15) is 0 Å². The number of hydrogen-bond donors (Lipinski definition) is 2. The summed E-state index contributed by atoms with van der Waals surface area (Å²) in [5.74, 6) is 0.622. The monoisotopic (exact) mass is 229 g/mol. The maximum Gasteiger partial charge on any atom is 0.215 e. The van der Waals surface area contributed by atoms with Crippen molar-refractivity contribution in [2.75, 3.05) is 18.6 Å². The molecule has 0 saturated heterocycles. The molecule has 0 unspecified atom stereocenters. The zero-order valence-corrected chi connectivity index (χ0v) is 9.90. The summed E-state index contributed by atoms with van der Waals surface area (Å²) in [4.78, 5) is 4.23. The van der Waals surface area contributed by atoms with Crippen LogP contribution in [0.25, 0.3) is 11.1 Å². The summed E-state index contributed by atoms with van der Waals surface area (Å²) in [5, 5.41) is 0. The average Bonchev–Trinajstić information content (AvgIpc) is 2.32. The molecular weight excluding hydrogens is 214 g/mol. The molecule has 0 amide bonds. The molecule has 1 aromatic heterocycles. The first kappa shape index (κ1) is 11.3. The number of aryl methyl sites for hydroxylation is 1. The number of benzene rings is 1. The number of para-hydroxylation sites is 1. The van der Waals surface area contributed by atoms with Crippen molar-refractivity contribution >= 4 is 11.4 Å². The molecule has 0 aliphatic carbocycles. The van der Waals surface area contributed by atoms with E-state index in [1.807, 2.05) is 25.1 Å². The highest BCUT2D eigenvalue weighted by Gasteiger charge is 2.07. The lowest BCUT2D eigenvalue weighted by atomic mass is 10.0. The Labute approximate surface area is 100 Å². The maximum absolute atomic E-state index is 5.95. The molecule has 0 saturated carbocycles. The van der Waals surface area contributed by atoms with E-state index in [-0.39, 0.29) is 0 Å². The molecule has 4 N–H and O–H groups in total. The topological polar surface area (TPSA) is 74.2 Å². The molecule has 2 aromatic rings. The van der Waals surface area contributed by atoms with Crippen molar-refractivity contribution in [1.82, 2.24) is 4.98 Å². The third kappa shape index (κ3) is 2.01. The quantitative estimate of drug-likeness (QED) is 0.774. The molecule has 0 aliphatic rings. The highest BCUT2D eigenvalue weighted by molar-refractivity contribution is 5.84. The lowest BCUT2D eigenvalue weighted by Crippen LogP contribution is -1.98. The van der Waals surface area contributed by atoms with Crippen LogP contribution in [0.5, 0.6) is 5.88 Å². The normalized spacial score (nSPS) is 10.2. The highest BCUT2D eigenvalue weighted by atomic mass is 16.5. The zero-order chi connectivity index (χ0) is 12.4. The van der Waals surface area contributed by atoms with Crippen LogP contribution in [0.1, 0.15) is 5.56 Å². The molecule has 1 heterocycles. The Morgan fingerprint density at radius 2 is 2.00 bits per heavy atom. The van der Waals surface area contributed by atoms with Crippen LogP contribution in [-0.4, -0.2) is 12.1 Å². The summed E-state index contributed by atoms with van der Waals surface area (Å²) >= 11 is 0. The van der Waals surface area contributed by atoms with Gasteiger partial charge in [0.15, 0.2) is 0 Å². The molecule has 17 heavy (non-hydrogen) atoms. The van der Waals surface area contributed by atoms with E-state index in [9.17, 15) is 0 Å². The third-order valence-corrected chi connectivity index (χ3v) is 2.67. The number of aromatic nitrogens is 1. The predicted octanol–water partition coefficient (Wildman–Crippen LogP) is 2.23. The van der Waals surface area contributed by atoms with Gasteiger partial charge in [0.05, 0.1) is 18.5 Å². The maximum atomic E-state index is 5.95. The van der Waals surface area contributed by atoms with Gasteiger partial charge in [0.2, 0.25) is 5.88 Å². The lowest BCUT2D eigenvalue weighted by Gasteiger charge is -2.10. The molecule has 0 aliphatic heterocycles. The minimum atomic E-state index is 0.580. The van der Waals surface area contributed by atoms with E-state index in [2.05, 4.69) is 4.98 Å². The molecular formula is C13H15N3O. The van der Waals surface area contributed by atoms with E-state index in [0.29, 0.717) is 17.3 Å². The minimum Gasteiger partial charge on any atom is -0.481 e. The number of pyridine rings is 1. The van der Waals surface area contributed by atoms with Crippen LogP contribution in [0.2, 0.25) is 0 Å². The van der Waals surface area contributed by atoms with Crippen LogP contribution in [0.4, 0.5) is 11.4 Å². The Morgan fingerprint density at radius 1 is 1.24 bits per heavy atom. The first-order chi connectivity index (χ1) is 8.13. The fraction of sp³-hybridized carbons (Fsp3) is 0.154. The highest BCUT2D eigenvalue weighted by Crippen LogP contribution is 2.31. The van der Waals surface area contributed by atoms with E-state index < -0.39 is 0 Å². The van der Waals surface area contributed by atoms with Crippen molar-refractivity contribution in [3.05, 3.63) is 36.0 Å². The van der Waals surface area contributed by atoms with Crippen LogP contribution in [0.3, 0.4) is 0 Å². The largest absolute Gasteiger partial charge is 0.481 e. The third-order valence-electron chi connectivity index (χ3n) is 2.67. The van der Waals surface area contributed by atoms with Crippen molar-refractivity contribution in [2.45, 2.75) is 6.92 Å². The number of nitrogens with two attached hydrogens (primary N) is 2. The Hall–Kier alpha value is -2.23. The molecule has 4 nitrogen and oxygen atoms in total. The number of methoxy groups -OCH3 is 1. The molecule has 0 atom stereocenters. The molecule has 0 fully saturated rings. The number of nitrogens with zero attached hydrogens (tertiary/aromatic N) is 1. The molecule has 2 rings (SSSR count). The molecule has 1 aromatic carbocycles. The fourth-order valence-electron chi connectivity index (χ4n) is 1.76. The summed E-state index contributed by atoms with van der Waals surface area (Å²) < 4.78 is 5.12. The lowest BCUT2D eigenvalue weighted by molar-refractivity contribution is 0.394. The SMILES string of the molecule is COc1ncc(-c2cccc(N)c2N)cc1C. The van der Waals surface area contributed by atoms with E-state index in [1.54, 1.807) is 19.4 Å². The smallest absolute Gasteiger partial charge is 0.215 e. The summed E-state index contributed by atoms with van der Waals surface area (Å²) in [6.07, 6.45) is 1.73. The van der Waals surface area contributed by atoms with Crippen molar-refractivity contribution in [3.8, 4) is 17.0 Å². The van der Waals surface area contributed by atoms with Gasteiger partial charge in [-0.15, -0.1) is 0 Å². The number of nitrogen functional groups attached to an aromatic ring is 2. The molecule has 0 radical (unpaired) electrons. The second-order valence-corrected chi connectivity index (χ2v) is 3.86. The van der Waals surface area contributed by atoms with Gasteiger partial charge in [0, 0.05) is 22.9 Å². The molecule has 0 spiro atoms. The summed E-state index contributed by atoms with van der Waals surface area (Å²) in [6.45, 7) is 1.94. The number of ether oxygens (including phenoxy) is 1. The zero-order valence-electron chi connectivity index (χ0n) is 9.90. The van der Waals surface area contributed by atoms with Crippen molar-refractivity contribution < 1.29 is 4.74 Å². The van der Waals surface area contributed by atoms with Crippen molar-refractivity contribution in [2.24, 2.45) is 0 Å². The molecule has 88 valence electrons. The Morgan fingerprint density at radius 3 is 2.65 bits per heavy atom. The minimum absolute atomic E-state index is 0.580. The fourth-order valence-corrected chi connectivity index (χ4v) is 1.76. The van der Waals surface area contributed by atoms with Gasteiger partial charge in [-0.1, -0.05) is 12.1 Å². The first-order valence-electron chi connectivity index (χ1n) is 5.28. The van der Waals surface area contributed by atoms with Crippen molar-refractivity contribution in [3.63, 3.8) is 0 Å². The molecule has 4 heteroatoms. The van der Waals surface area contributed by atoms with E-state index in [1.165, 1.54) is 0 Å². The van der Waals surface area contributed by atoms with E-state index in [0.717, 1.165) is 16.7 Å². The van der Waals surface area contributed by atoms with Crippen LogP contribution >= 0.6 is 0 Å². The van der Waals surface area contributed by atoms with Gasteiger partial charge in [-0.3, -0.25) is 0 Å². The van der Waals surface area contributed by atoms with Crippen LogP contribution in [-0.2, 0) is 0 Å². The van der Waals surface area contributed by atoms with Gasteiger partial charge >= 0.3 is 0 Å². The van der Waals surface area contributed by atoms with Crippen LogP contribution in [0, 0.1) is 6.92 Å². The second-order valence-electron chi connectivity index (χ2n) is 3.86. The van der Waals surface area contributed by atoms with Crippen LogP contribution < -0.4 is 16.2 Å².